The van der Waals surface area contributed by atoms with Crippen molar-refractivity contribution < 1.29 is 14.2 Å². The van der Waals surface area contributed by atoms with Crippen LogP contribution in [0.15, 0.2) is 0 Å². The second-order valence-electron chi connectivity index (χ2n) is 4.18. The molecule has 0 aromatic heterocycles. The SMILES string of the molecule is CC(C)OP(C)(=O)[C@@H]1CC[C@H](O)C1. The lowest BCUT2D eigenvalue weighted by molar-refractivity contribution is 0.181. The highest BCUT2D eigenvalue weighted by Crippen LogP contribution is 2.54. The molecule has 0 spiro atoms. The van der Waals surface area contributed by atoms with Gasteiger partial charge in [0.05, 0.1) is 12.2 Å². The van der Waals surface area contributed by atoms with Gasteiger partial charge in [-0.05, 0) is 33.1 Å². The van der Waals surface area contributed by atoms with Gasteiger partial charge in [-0.1, -0.05) is 0 Å². The van der Waals surface area contributed by atoms with E-state index in [-0.39, 0.29) is 17.9 Å². The molecule has 0 heterocycles. The van der Waals surface area contributed by atoms with Crippen molar-refractivity contribution in [1.29, 1.82) is 0 Å². The van der Waals surface area contributed by atoms with Crippen LogP contribution in [0.3, 0.4) is 0 Å². The minimum Gasteiger partial charge on any atom is -0.393 e. The number of hydrogen-bond acceptors (Lipinski definition) is 3. The molecule has 78 valence electrons. The van der Waals surface area contributed by atoms with Gasteiger partial charge in [-0.15, -0.1) is 0 Å². The second kappa shape index (κ2) is 4.12. The summed E-state index contributed by atoms with van der Waals surface area (Å²) in [6.07, 6.45) is 1.98. The molecule has 0 saturated heterocycles. The van der Waals surface area contributed by atoms with Gasteiger partial charge in [0.1, 0.15) is 0 Å². The molecule has 3 nitrogen and oxygen atoms in total. The van der Waals surface area contributed by atoms with E-state index in [1.807, 2.05) is 13.8 Å². The van der Waals surface area contributed by atoms with Crippen molar-refractivity contribution in [2.45, 2.75) is 51.0 Å². The molecule has 13 heavy (non-hydrogen) atoms. The van der Waals surface area contributed by atoms with Crippen molar-refractivity contribution in [2.24, 2.45) is 0 Å². The van der Waals surface area contributed by atoms with Crippen molar-refractivity contribution >= 4 is 7.37 Å². The molecule has 0 bridgehead atoms. The van der Waals surface area contributed by atoms with E-state index in [1.165, 1.54) is 0 Å². The Labute approximate surface area is 79.9 Å². The van der Waals surface area contributed by atoms with E-state index < -0.39 is 7.37 Å². The smallest absolute Gasteiger partial charge is 0.203 e. The van der Waals surface area contributed by atoms with Crippen LogP contribution in [0.5, 0.6) is 0 Å². The summed E-state index contributed by atoms with van der Waals surface area (Å²) in [6, 6.07) is 0. The largest absolute Gasteiger partial charge is 0.393 e. The van der Waals surface area contributed by atoms with Crippen LogP contribution in [0.1, 0.15) is 33.1 Å². The first-order valence-electron chi connectivity index (χ1n) is 4.85. The summed E-state index contributed by atoms with van der Waals surface area (Å²) in [4.78, 5) is 0. The van der Waals surface area contributed by atoms with E-state index in [2.05, 4.69) is 0 Å². The Morgan fingerprint density at radius 3 is 2.46 bits per heavy atom. The summed E-state index contributed by atoms with van der Waals surface area (Å²) in [6.45, 7) is 5.47. The molecular weight excluding hydrogens is 187 g/mol. The van der Waals surface area contributed by atoms with Crippen molar-refractivity contribution in [3.8, 4) is 0 Å². The third-order valence-electron chi connectivity index (χ3n) is 2.46. The molecule has 1 aliphatic carbocycles. The van der Waals surface area contributed by atoms with Crippen LogP contribution >= 0.6 is 7.37 Å². The molecule has 0 amide bonds. The third-order valence-corrected chi connectivity index (χ3v) is 5.10. The van der Waals surface area contributed by atoms with Crippen LogP contribution in [0.4, 0.5) is 0 Å². The van der Waals surface area contributed by atoms with Gasteiger partial charge in [-0.25, -0.2) is 0 Å². The molecule has 1 unspecified atom stereocenters. The zero-order valence-corrected chi connectivity index (χ0v) is 9.46. The van der Waals surface area contributed by atoms with Crippen LogP contribution in [0.2, 0.25) is 0 Å². The van der Waals surface area contributed by atoms with Crippen molar-refractivity contribution in [3.05, 3.63) is 0 Å². The Balaban J connectivity index is 2.54. The standard InChI is InChI=1S/C9H19O3P/c1-7(2)12-13(3,11)9-5-4-8(10)6-9/h7-10H,4-6H2,1-3H3/t8-,9+,13?/m0/s1. The molecule has 4 heteroatoms. The molecule has 0 aliphatic heterocycles. The highest BCUT2D eigenvalue weighted by molar-refractivity contribution is 7.58. The topological polar surface area (TPSA) is 46.5 Å². The number of rotatable bonds is 3. The summed E-state index contributed by atoms with van der Waals surface area (Å²) in [5, 5.41) is 9.32. The minimum atomic E-state index is -2.49. The maximum absolute atomic E-state index is 12.0. The van der Waals surface area contributed by atoms with E-state index in [4.69, 9.17) is 4.52 Å². The zero-order valence-electron chi connectivity index (χ0n) is 8.56. The van der Waals surface area contributed by atoms with Gasteiger partial charge in [0, 0.05) is 12.3 Å². The van der Waals surface area contributed by atoms with Crippen molar-refractivity contribution in [2.75, 3.05) is 6.66 Å². The number of aliphatic hydroxyl groups excluding tert-OH is 1. The number of hydrogen-bond donors (Lipinski definition) is 1. The van der Waals surface area contributed by atoms with Gasteiger partial charge in [0.2, 0.25) is 7.37 Å². The van der Waals surface area contributed by atoms with E-state index in [9.17, 15) is 9.67 Å². The van der Waals surface area contributed by atoms with Crippen molar-refractivity contribution in [3.63, 3.8) is 0 Å². The average molecular weight is 206 g/mol. The first kappa shape index (κ1) is 11.2. The predicted molar refractivity (Wildman–Crippen MR) is 53.4 cm³/mol. The highest BCUT2D eigenvalue weighted by Gasteiger charge is 2.36. The van der Waals surface area contributed by atoms with Crippen LogP contribution < -0.4 is 0 Å². The molecule has 0 radical (unpaired) electrons. The molecule has 1 fully saturated rings. The lowest BCUT2D eigenvalue weighted by Crippen LogP contribution is -2.11. The number of aliphatic hydroxyl groups is 1. The molecule has 0 aromatic rings. The van der Waals surface area contributed by atoms with Gasteiger partial charge >= 0.3 is 0 Å². The Hall–Kier alpha value is 0.150. The van der Waals surface area contributed by atoms with Gasteiger partial charge in [0.15, 0.2) is 0 Å². The fraction of sp³-hybridized carbons (Fsp3) is 1.00. The van der Waals surface area contributed by atoms with Crippen LogP contribution in [0.25, 0.3) is 0 Å². The molecule has 1 saturated carbocycles. The summed E-state index contributed by atoms with van der Waals surface area (Å²) >= 11 is 0. The molecule has 1 rings (SSSR count). The quantitative estimate of drug-likeness (QED) is 0.720. The lowest BCUT2D eigenvalue weighted by Gasteiger charge is -2.22. The predicted octanol–water partition coefficient (Wildman–Crippen LogP) is 2.23. The Bertz CT molecular complexity index is 215. The normalized spacial score (nSPS) is 33.6. The third kappa shape index (κ3) is 3.08. The first-order chi connectivity index (χ1) is 5.92. The maximum Gasteiger partial charge on any atom is 0.203 e. The molecule has 1 N–H and O–H groups in total. The zero-order chi connectivity index (χ0) is 10.1. The van der Waals surface area contributed by atoms with Crippen molar-refractivity contribution in [1.82, 2.24) is 0 Å². The summed E-state index contributed by atoms with van der Waals surface area (Å²) in [7, 11) is -2.49. The average Bonchev–Trinajstić information content (AvgIpc) is 2.32. The molecular formula is C9H19O3P. The van der Waals surface area contributed by atoms with E-state index in [0.29, 0.717) is 6.42 Å². The fourth-order valence-corrected chi connectivity index (χ4v) is 4.12. The van der Waals surface area contributed by atoms with E-state index in [1.54, 1.807) is 6.66 Å². The Morgan fingerprint density at radius 2 is 2.08 bits per heavy atom. The van der Waals surface area contributed by atoms with Gasteiger partial charge in [0.25, 0.3) is 0 Å². The maximum atomic E-state index is 12.0. The Morgan fingerprint density at radius 1 is 1.46 bits per heavy atom. The van der Waals surface area contributed by atoms with E-state index >= 15 is 0 Å². The lowest BCUT2D eigenvalue weighted by atomic mass is 10.3. The summed E-state index contributed by atoms with van der Waals surface area (Å²) in [5.74, 6) is 0. The summed E-state index contributed by atoms with van der Waals surface area (Å²) < 4.78 is 17.5. The van der Waals surface area contributed by atoms with Gasteiger partial charge < -0.3 is 9.63 Å². The Kier molecular flexibility index (Phi) is 3.56. The van der Waals surface area contributed by atoms with E-state index in [0.717, 1.165) is 12.8 Å². The minimum absolute atomic E-state index is 0.00794. The molecule has 3 atom stereocenters. The monoisotopic (exact) mass is 206 g/mol. The fourth-order valence-electron chi connectivity index (χ4n) is 1.87. The summed E-state index contributed by atoms with van der Waals surface area (Å²) in [5.41, 5.74) is 0.0740. The highest BCUT2D eigenvalue weighted by atomic mass is 31.2. The van der Waals surface area contributed by atoms with Gasteiger partial charge in [-0.3, -0.25) is 4.57 Å². The molecule has 1 aliphatic rings. The second-order valence-corrected chi connectivity index (χ2v) is 6.94. The van der Waals surface area contributed by atoms with Gasteiger partial charge in [-0.2, -0.15) is 0 Å². The first-order valence-corrected chi connectivity index (χ1v) is 6.99. The van der Waals surface area contributed by atoms with Crippen LogP contribution in [0, 0.1) is 0 Å². The molecule has 0 aromatic carbocycles. The van der Waals surface area contributed by atoms with Crippen LogP contribution in [-0.2, 0) is 9.09 Å². The van der Waals surface area contributed by atoms with Crippen LogP contribution in [-0.4, -0.2) is 29.6 Å².